The van der Waals surface area contributed by atoms with Crippen LogP contribution in [0.4, 0.5) is 4.39 Å². The number of carboxylic acid groups (broad SMARTS) is 1. The van der Waals surface area contributed by atoms with E-state index >= 15 is 0 Å². The van der Waals surface area contributed by atoms with Crippen LogP contribution in [0.1, 0.15) is 109 Å². The molecule has 3 heterocycles. The summed E-state index contributed by atoms with van der Waals surface area (Å²) in [5.41, 5.74) is 2.34. The quantitative estimate of drug-likeness (QED) is 0.0761. The molecule has 374 valence electrons. The third-order valence-electron chi connectivity index (χ3n) is 15.1. The summed E-state index contributed by atoms with van der Waals surface area (Å²) in [6.45, 7) is 5.54. The van der Waals surface area contributed by atoms with Gasteiger partial charge in [0.25, 0.3) is 11.8 Å². The van der Waals surface area contributed by atoms with Gasteiger partial charge >= 0.3 is 5.97 Å². The second-order valence-electron chi connectivity index (χ2n) is 19.9. The number of hydrogen-bond donors (Lipinski definition) is 5. The summed E-state index contributed by atoms with van der Waals surface area (Å²) < 4.78 is 34.7. The highest BCUT2D eigenvalue weighted by atomic mass is 19.1. The van der Waals surface area contributed by atoms with Crippen LogP contribution < -0.4 is 14.8 Å². The minimum atomic E-state index is -1.94. The van der Waals surface area contributed by atoms with Crippen LogP contribution >= 0.6 is 0 Å². The zero-order chi connectivity index (χ0) is 49.3. The van der Waals surface area contributed by atoms with Gasteiger partial charge in [0.05, 0.1) is 49.7 Å². The van der Waals surface area contributed by atoms with Gasteiger partial charge in [-0.25, -0.2) is 18.5 Å². The number of methoxy groups -OCH3 is 2. The van der Waals surface area contributed by atoms with E-state index in [4.69, 9.17) is 19.3 Å². The number of ether oxygens (including phenoxy) is 3. The molecule has 5 aliphatic rings. The van der Waals surface area contributed by atoms with E-state index in [1.54, 1.807) is 61.3 Å². The van der Waals surface area contributed by atoms with E-state index < -0.39 is 54.7 Å². The number of benzene rings is 2. The molecule has 19 heteroatoms. The Labute approximate surface area is 401 Å². The first-order chi connectivity index (χ1) is 33.1. The van der Waals surface area contributed by atoms with Crippen molar-refractivity contribution in [3.63, 3.8) is 0 Å². The summed E-state index contributed by atoms with van der Waals surface area (Å²) in [6, 6.07) is 12.5. The van der Waals surface area contributed by atoms with Crippen LogP contribution in [0, 0.1) is 23.7 Å². The normalized spacial score (nSPS) is 27.2. The number of hydrogen-bond acceptors (Lipinski definition) is 13. The molecule has 0 radical (unpaired) electrons. The number of alkyl halides is 1. The van der Waals surface area contributed by atoms with E-state index in [9.17, 15) is 39.2 Å². The van der Waals surface area contributed by atoms with Crippen molar-refractivity contribution >= 4 is 17.8 Å². The van der Waals surface area contributed by atoms with Gasteiger partial charge in [0.15, 0.2) is 18.1 Å². The number of amides is 2. The minimum Gasteiger partial charge on any atom is -0.496 e. The van der Waals surface area contributed by atoms with E-state index in [0.717, 1.165) is 70.0 Å². The molecule has 2 aromatic carbocycles. The number of rotatable bonds is 20. The summed E-state index contributed by atoms with van der Waals surface area (Å²) >= 11 is 0. The Morgan fingerprint density at radius 3 is 2.22 bits per heavy atom. The monoisotopic (exact) mass is 958 g/mol. The molecule has 2 unspecified atom stereocenters. The number of halogens is 1. The molecule has 5 atom stereocenters. The maximum Gasteiger partial charge on any atom is 0.330 e. The smallest absolute Gasteiger partial charge is 0.330 e. The molecule has 5 fully saturated rings. The lowest BCUT2D eigenvalue weighted by atomic mass is 9.48. The average molecular weight is 959 g/mol. The fourth-order valence-corrected chi connectivity index (χ4v) is 11.6. The molecule has 4 aliphatic carbocycles. The van der Waals surface area contributed by atoms with Crippen molar-refractivity contribution in [2.45, 2.75) is 114 Å². The largest absolute Gasteiger partial charge is 0.496 e. The van der Waals surface area contributed by atoms with E-state index in [0.29, 0.717) is 64.5 Å². The first-order valence-corrected chi connectivity index (χ1v) is 24.2. The molecular formula is C50H67FN8O10. The van der Waals surface area contributed by atoms with E-state index in [1.807, 2.05) is 39.1 Å². The van der Waals surface area contributed by atoms with Gasteiger partial charge in [0, 0.05) is 19.2 Å². The van der Waals surface area contributed by atoms with E-state index in [2.05, 4.69) is 20.5 Å². The molecule has 4 saturated carbocycles. The van der Waals surface area contributed by atoms with E-state index in [-0.39, 0.29) is 29.4 Å². The summed E-state index contributed by atoms with van der Waals surface area (Å²) in [5, 5.41) is 56.4. The van der Waals surface area contributed by atoms with Crippen LogP contribution in [0.5, 0.6) is 11.5 Å². The van der Waals surface area contributed by atoms with Crippen molar-refractivity contribution in [2.75, 3.05) is 54.6 Å². The fourth-order valence-electron chi connectivity index (χ4n) is 11.6. The molecule has 1 saturated heterocycles. The summed E-state index contributed by atoms with van der Waals surface area (Å²) in [4.78, 5) is 45.6. The lowest BCUT2D eigenvalue weighted by Crippen LogP contribution is -2.70. The molecule has 18 nitrogen and oxygen atoms in total. The molecular weight excluding hydrogens is 892 g/mol. The van der Waals surface area contributed by atoms with Gasteiger partial charge in [-0.05, 0) is 149 Å². The summed E-state index contributed by atoms with van der Waals surface area (Å²) in [5.74, 6) is -0.0582. The number of nitrogens with one attached hydrogen (secondary N) is 1. The Kier molecular flexibility index (Phi) is 15.1. The van der Waals surface area contributed by atoms with Crippen molar-refractivity contribution in [2.24, 2.45) is 23.7 Å². The van der Waals surface area contributed by atoms with Crippen LogP contribution in [0.25, 0.3) is 16.9 Å². The number of carbonyl (C=O) groups excluding carboxylic acids is 2. The van der Waals surface area contributed by atoms with Gasteiger partial charge in [-0.15, -0.1) is 5.10 Å². The highest BCUT2D eigenvalue weighted by Gasteiger charge is 2.62. The molecule has 2 amide bonds. The fraction of sp³-hybridized carbons (Fsp3) is 0.600. The third kappa shape index (κ3) is 9.85. The molecule has 9 rings (SSSR count). The zero-order valence-electron chi connectivity index (χ0n) is 40.3. The number of carbonyl (C=O) groups is 3. The summed E-state index contributed by atoms with van der Waals surface area (Å²) in [6.07, 6.45) is 1.15. The van der Waals surface area contributed by atoms with Crippen LogP contribution in [-0.2, 0) is 16.0 Å². The molecule has 0 spiro atoms. The summed E-state index contributed by atoms with van der Waals surface area (Å²) in [7, 11) is 6.92. The Balaban J connectivity index is 0.924. The lowest BCUT2D eigenvalue weighted by molar-refractivity contribution is -0.237. The second-order valence-corrected chi connectivity index (χ2v) is 19.9. The van der Waals surface area contributed by atoms with Crippen molar-refractivity contribution < 1.29 is 53.4 Å². The number of aryl methyl sites for hydroxylation is 1. The average Bonchev–Trinajstić information content (AvgIpc) is 4.00. The Morgan fingerprint density at radius 2 is 1.59 bits per heavy atom. The standard InChI is InChI=1S/C50H67FN8O10/c1-28(2)35-24-31(47(64)57(4)18-10-17-56(3)16-8-7-11-34-26-58(55-53-34)48-43(51)45(62)44(61)41(27-60)69-48)14-15-37(35)59-38(42-39(67-5)12-9-13-40(42)68-6)25-36(54-59)46(63)52-50(49(65)66)32-20-29-19-30(22-32)23-33(50)21-29/h9,12-15,24-26,28-30,32-33,41,43-45,48,60-62H,7-8,10-11,16-23,27H2,1-6H3,(H,52,63)(H,65,66)/t29?,30?,32?,33?,41-,43?,44-,45?,48-,50?/m1/s1. The van der Waals surface area contributed by atoms with Gasteiger partial charge in [0.1, 0.15) is 35.3 Å². The van der Waals surface area contributed by atoms with Gasteiger partial charge in [-0.3, -0.25) is 9.59 Å². The van der Waals surface area contributed by atoms with Gasteiger partial charge in [0.2, 0.25) is 0 Å². The number of carboxylic acids is 1. The highest BCUT2D eigenvalue weighted by molar-refractivity contribution is 5.98. The molecule has 69 heavy (non-hydrogen) atoms. The van der Waals surface area contributed by atoms with Crippen molar-refractivity contribution in [3.05, 3.63) is 71.2 Å². The number of unbranched alkanes of at least 4 members (excludes halogenated alkanes) is 1. The van der Waals surface area contributed by atoms with Gasteiger partial charge in [-0.1, -0.05) is 25.1 Å². The molecule has 4 aromatic rings. The molecule has 5 N–H and O–H groups in total. The predicted octanol–water partition coefficient (Wildman–Crippen LogP) is 4.65. The Morgan fingerprint density at radius 1 is 0.928 bits per heavy atom. The minimum absolute atomic E-state index is 0.0574. The SMILES string of the molecule is COc1cccc(OC)c1-c1cc(C(=O)NC2(C(=O)O)C3CC4CC(C3)CC2C4)nn1-c1ccc(C(=O)N(C)CCCN(C)CCCCc2cn([C@@H]3O[C@H](CO)[C@@H](O)C(O)C3F)nn2)cc1C(C)C. The first kappa shape index (κ1) is 49.9. The Bertz CT molecular complexity index is 2430. The Hall–Kier alpha value is -5.47. The maximum atomic E-state index is 14.8. The number of nitrogens with zero attached hydrogens (tertiary/aromatic N) is 7. The van der Waals surface area contributed by atoms with E-state index in [1.165, 1.54) is 4.68 Å². The van der Waals surface area contributed by atoms with Gasteiger partial charge < -0.3 is 49.8 Å². The number of aliphatic carboxylic acids is 1. The van der Waals surface area contributed by atoms with Crippen molar-refractivity contribution in [1.82, 2.24) is 39.9 Å². The van der Waals surface area contributed by atoms with Crippen molar-refractivity contribution in [3.8, 4) is 28.4 Å². The van der Waals surface area contributed by atoms with Crippen LogP contribution in [0.3, 0.4) is 0 Å². The topological polar surface area (TPSA) is 227 Å². The molecule has 1 aliphatic heterocycles. The third-order valence-corrected chi connectivity index (χ3v) is 15.1. The van der Waals surface area contributed by atoms with Gasteiger partial charge in [-0.2, -0.15) is 5.10 Å². The first-order valence-electron chi connectivity index (χ1n) is 24.2. The predicted molar refractivity (Wildman–Crippen MR) is 251 cm³/mol. The van der Waals surface area contributed by atoms with Crippen LogP contribution in [0.15, 0.2) is 48.7 Å². The van der Waals surface area contributed by atoms with Crippen LogP contribution in [0.2, 0.25) is 0 Å². The zero-order valence-corrected chi connectivity index (χ0v) is 40.3. The number of aliphatic hydroxyl groups excluding tert-OH is 3. The highest BCUT2D eigenvalue weighted by Crippen LogP contribution is 2.58. The van der Waals surface area contributed by atoms with Crippen molar-refractivity contribution in [1.29, 1.82) is 0 Å². The lowest BCUT2D eigenvalue weighted by Gasteiger charge is -2.59. The molecule has 4 bridgehead atoms. The molecule has 2 aromatic heterocycles. The number of aromatic nitrogens is 5. The maximum absolute atomic E-state index is 14.8. The number of aliphatic hydroxyl groups is 3. The second kappa shape index (κ2) is 20.9. The van der Waals surface area contributed by atoms with Crippen LogP contribution in [-0.4, -0.2) is 157 Å².